The molecule has 1 aromatic carbocycles. The molecule has 1 saturated carbocycles. The lowest BCUT2D eigenvalue weighted by Gasteiger charge is -2.25. The van der Waals surface area contributed by atoms with Crippen molar-refractivity contribution in [2.24, 2.45) is 5.92 Å². The highest BCUT2D eigenvalue weighted by atomic mass is 32.2. The Balaban J connectivity index is 1.67. The third-order valence-electron chi connectivity index (χ3n) is 4.95. The highest BCUT2D eigenvalue weighted by molar-refractivity contribution is 7.99. The predicted molar refractivity (Wildman–Crippen MR) is 89.5 cm³/mol. The van der Waals surface area contributed by atoms with Gasteiger partial charge in [0.15, 0.2) is 0 Å². The van der Waals surface area contributed by atoms with Gasteiger partial charge in [-0.25, -0.2) is 0 Å². The third-order valence-corrected chi connectivity index (χ3v) is 6.21. The lowest BCUT2D eigenvalue weighted by molar-refractivity contribution is -0.137. The van der Waals surface area contributed by atoms with E-state index in [-0.39, 0.29) is 11.3 Å². The summed E-state index contributed by atoms with van der Waals surface area (Å²) in [6.45, 7) is 0.620. The SMILES string of the molecule is O=C(CCC1CCCC1)N1CCSC1c1cccc(C(F)(F)F)c1. The number of alkyl halides is 3. The Kier molecular flexibility index (Phi) is 5.42. The molecule has 1 heterocycles. The number of carbonyl (C=O) groups is 1. The molecule has 1 unspecified atom stereocenters. The normalized spacial score (nSPS) is 22.3. The Morgan fingerprint density at radius 2 is 2.00 bits per heavy atom. The van der Waals surface area contributed by atoms with Crippen LogP contribution in [0.2, 0.25) is 0 Å². The summed E-state index contributed by atoms with van der Waals surface area (Å²) in [4.78, 5) is 14.3. The highest BCUT2D eigenvalue weighted by Crippen LogP contribution is 2.40. The average Bonchev–Trinajstić information content (AvgIpc) is 3.23. The Hall–Kier alpha value is -1.17. The maximum absolute atomic E-state index is 12.9. The molecule has 0 radical (unpaired) electrons. The minimum Gasteiger partial charge on any atom is -0.326 e. The van der Waals surface area contributed by atoms with Gasteiger partial charge in [0, 0.05) is 18.7 Å². The van der Waals surface area contributed by atoms with Gasteiger partial charge in [0.2, 0.25) is 5.91 Å². The van der Waals surface area contributed by atoms with Gasteiger partial charge >= 0.3 is 6.18 Å². The van der Waals surface area contributed by atoms with Gasteiger partial charge in [0.25, 0.3) is 0 Å². The number of amides is 1. The number of halogens is 3. The highest BCUT2D eigenvalue weighted by Gasteiger charge is 2.34. The van der Waals surface area contributed by atoms with E-state index in [0.717, 1.165) is 18.2 Å². The van der Waals surface area contributed by atoms with E-state index in [1.807, 2.05) is 0 Å². The van der Waals surface area contributed by atoms with E-state index in [9.17, 15) is 18.0 Å². The van der Waals surface area contributed by atoms with Crippen molar-refractivity contribution in [3.8, 4) is 0 Å². The fourth-order valence-electron chi connectivity index (χ4n) is 3.64. The van der Waals surface area contributed by atoms with Gasteiger partial charge in [-0.15, -0.1) is 11.8 Å². The molecule has 1 atom stereocenters. The molecule has 1 aromatic rings. The fraction of sp³-hybridized carbons (Fsp3) is 0.611. The molecule has 0 bridgehead atoms. The zero-order chi connectivity index (χ0) is 17.2. The van der Waals surface area contributed by atoms with Gasteiger partial charge in [-0.3, -0.25) is 4.79 Å². The van der Waals surface area contributed by atoms with Crippen molar-refractivity contribution in [1.82, 2.24) is 4.90 Å². The number of hydrogen-bond acceptors (Lipinski definition) is 2. The number of nitrogens with zero attached hydrogens (tertiary/aromatic N) is 1. The molecule has 1 saturated heterocycles. The second-order valence-corrected chi connectivity index (χ2v) is 7.81. The zero-order valence-corrected chi connectivity index (χ0v) is 14.3. The van der Waals surface area contributed by atoms with Crippen LogP contribution in [0.25, 0.3) is 0 Å². The second-order valence-electron chi connectivity index (χ2n) is 6.62. The first-order chi connectivity index (χ1) is 11.4. The number of thioether (sulfide) groups is 1. The van der Waals surface area contributed by atoms with Crippen LogP contribution in [0.3, 0.4) is 0 Å². The maximum atomic E-state index is 12.9. The van der Waals surface area contributed by atoms with Crippen LogP contribution in [0.4, 0.5) is 13.2 Å². The first-order valence-corrected chi connectivity index (χ1v) is 9.58. The van der Waals surface area contributed by atoms with Gasteiger partial charge < -0.3 is 4.90 Å². The van der Waals surface area contributed by atoms with Gasteiger partial charge in [0.05, 0.1) is 5.56 Å². The van der Waals surface area contributed by atoms with Crippen LogP contribution in [0.1, 0.15) is 55.0 Å². The van der Waals surface area contributed by atoms with Crippen LogP contribution in [0.5, 0.6) is 0 Å². The summed E-state index contributed by atoms with van der Waals surface area (Å²) in [5, 5.41) is -0.289. The van der Waals surface area contributed by atoms with E-state index in [1.54, 1.807) is 22.7 Å². The van der Waals surface area contributed by atoms with Crippen molar-refractivity contribution in [1.29, 1.82) is 0 Å². The molecule has 3 rings (SSSR count). The molecule has 0 spiro atoms. The number of hydrogen-bond donors (Lipinski definition) is 0. The minimum atomic E-state index is -4.35. The van der Waals surface area contributed by atoms with E-state index in [2.05, 4.69) is 0 Å². The summed E-state index contributed by atoms with van der Waals surface area (Å²) in [6.07, 6.45) is 2.00. The molecular weight excluding hydrogens is 335 g/mol. The van der Waals surface area contributed by atoms with Crippen molar-refractivity contribution < 1.29 is 18.0 Å². The number of rotatable bonds is 4. The molecule has 1 aliphatic carbocycles. The standard InChI is InChI=1S/C18H22F3NOS/c19-18(20,21)15-7-3-6-14(12-15)17-22(10-11-24-17)16(23)9-8-13-4-1-2-5-13/h3,6-7,12-13,17H,1-2,4-5,8-11H2. The molecule has 0 aromatic heterocycles. The van der Waals surface area contributed by atoms with Crippen LogP contribution in [0.15, 0.2) is 24.3 Å². The van der Waals surface area contributed by atoms with E-state index >= 15 is 0 Å². The lowest BCUT2D eigenvalue weighted by Crippen LogP contribution is -2.30. The molecule has 2 nitrogen and oxygen atoms in total. The Morgan fingerprint density at radius 1 is 1.25 bits per heavy atom. The van der Waals surface area contributed by atoms with E-state index in [4.69, 9.17) is 0 Å². The summed E-state index contributed by atoms with van der Waals surface area (Å²) >= 11 is 1.55. The molecule has 2 aliphatic rings. The fourth-order valence-corrected chi connectivity index (χ4v) is 4.91. The summed E-state index contributed by atoms with van der Waals surface area (Å²) < 4.78 is 38.7. The molecule has 0 N–H and O–H groups in total. The summed E-state index contributed by atoms with van der Waals surface area (Å²) in [6, 6.07) is 5.38. The summed E-state index contributed by atoms with van der Waals surface area (Å²) in [7, 11) is 0. The lowest BCUT2D eigenvalue weighted by atomic mass is 10.0. The summed E-state index contributed by atoms with van der Waals surface area (Å²) in [5.74, 6) is 1.50. The average molecular weight is 357 g/mol. The zero-order valence-electron chi connectivity index (χ0n) is 13.5. The van der Waals surface area contributed by atoms with Gasteiger partial charge in [-0.05, 0) is 30.0 Å². The first kappa shape index (κ1) is 17.6. The van der Waals surface area contributed by atoms with Crippen LogP contribution in [-0.2, 0) is 11.0 Å². The van der Waals surface area contributed by atoms with Gasteiger partial charge in [0.1, 0.15) is 5.37 Å². The quantitative estimate of drug-likeness (QED) is 0.733. The van der Waals surface area contributed by atoms with Crippen LogP contribution >= 0.6 is 11.8 Å². The molecule has 1 aliphatic heterocycles. The van der Waals surface area contributed by atoms with Crippen LogP contribution < -0.4 is 0 Å². The number of benzene rings is 1. The van der Waals surface area contributed by atoms with Crippen LogP contribution in [0, 0.1) is 5.92 Å². The van der Waals surface area contributed by atoms with E-state index in [0.29, 0.717) is 24.4 Å². The Bertz CT molecular complexity index is 584. The molecule has 132 valence electrons. The van der Waals surface area contributed by atoms with Crippen LogP contribution in [-0.4, -0.2) is 23.1 Å². The molecular formula is C18H22F3NOS. The smallest absolute Gasteiger partial charge is 0.326 e. The van der Waals surface area contributed by atoms with Crippen molar-refractivity contribution in [3.63, 3.8) is 0 Å². The van der Waals surface area contributed by atoms with Crippen molar-refractivity contribution >= 4 is 17.7 Å². The Labute approximate surface area is 144 Å². The van der Waals surface area contributed by atoms with Crippen molar-refractivity contribution in [2.75, 3.05) is 12.3 Å². The molecule has 2 fully saturated rings. The van der Waals surface area contributed by atoms with Gasteiger partial charge in [-0.2, -0.15) is 13.2 Å². The van der Waals surface area contributed by atoms with E-state index < -0.39 is 11.7 Å². The topological polar surface area (TPSA) is 20.3 Å². The Morgan fingerprint density at radius 3 is 2.71 bits per heavy atom. The van der Waals surface area contributed by atoms with Crippen molar-refractivity contribution in [3.05, 3.63) is 35.4 Å². The third kappa shape index (κ3) is 4.08. The summed E-state index contributed by atoms with van der Waals surface area (Å²) in [5.41, 5.74) is -0.0765. The molecule has 24 heavy (non-hydrogen) atoms. The van der Waals surface area contributed by atoms with Crippen molar-refractivity contribution in [2.45, 2.75) is 50.1 Å². The van der Waals surface area contributed by atoms with Gasteiger partial charge in [-0.1, -0.05) is 37.8 Å². The maximum Gasteiger partial charge on any atom is 0.416 e. The predicted octanol–water partition coefficient (Wildman–Crippen LogP) is 5.25. The minimum absolute atomic E-state index is 0.0781. The number of carbonyl (C=O) groups excluding carboxylic acids is 1. The monoisotopic (exact) mass is 357 g/mol. The van der Waals surface area contributed by atoms with E-state index in [1.165, 1.54) is 37.8 Å². The first-order valence-electron chi connectivity index (χ1n) is 8.53. The largest absolute Gasteiger partial charge is 0.416 e. The molecule has 1 amide bonds. The molecule has 6 heteroatoms. The second kappa shape index (κ2) is 7.38.